The second kappa shape index (κ2) is 6.78. The van der Waals surface area contributed by atoms with E-state index in [1.807, 2.05) is 24.3 Å². The first kappa shape index (κ1) is 15.0. The van der Waals surface area contributed by atoms with E-state index in [-0.39, 0.29) is 11.9 Å². The third-order valence-electron chi connectivity index (χ3n) is 2.82. The molecule has 1 aromatic rings. The van der Waals surface area contributed by atoms with Crippen molar-refractivity contribution in [1.82, 2.24) is 4.90 Å². The van der Waals surface area contributed by atoms with E-state index < -0.39 is 6.04 Å². The molecule has 1 aromatic carbocycles. The van der Waals surface area contributed by atoms with Crippen molar-refractivity contribution in [2.45, 2.75) is 26.4 Å². The standard InChI is InChI=1S/C14H20N2O3/c1-10(14(18)19-4)15-13-7-5-6-12(8-13)9-16(3)11(2)17/h5-8,10,15H,9H2,1-4H3. The van der Waals surface area contributed by atoms with Gasteiger partial charge in [0.15, 0.2) is 0 Å². The van der Waals surface area contributed by atoms with E-state index in [0.717, 1.165) is 11.3 Å². The topological polar surface area (TPSA) is 58.6 Å². The molecular formula is C14H20N2O3. The van der Waals surface area contributed by atoms with Crippen molar-refractivity contribution < 1.29 is 14.3 Å². The lowest BCUT2D eigenvalue weighted by molar-refractivity contribution is -0.141. The minimum absolute atomic E-state index is 0.0151. The first-order valence-electron chi connectivity index (χ1n) is 6.09. The molecule has 0 radical (unpaired) electrons. The Morgan fingerprint density at radius 2 is 2.11 bits per heavy atom. The Labute approximate surface area is 113 Å². The smallest absolute Gasteiger partial charge is 0.327 e. The van der Waals surface area contributed by atoms with E-state index in [2.05, 4.69) is 10.1 Å². The monoisotopic (exact) mass is 264 g/mol. The van der Waals surface area contributed by atoms with E-state index in [1.54, 1.807) is 18.9 Å². The Kier molecular flexibility index (Phi) is 5.36. The maximum absolute atomic E-state index is 11.3. The maximum atomic E-state index is 11.3. The van der Waals surface area contributed by atoms with Gasteiger partial charge in [0.25, 0.3) is 0 Å². The minimum Gasteiger partial charge on any atom is -0.467 e. The van der Waals surface area contributed by atoms with Crippen molar-refractivity contribution in [2.24, 2.45) is 0 Å². The largest absolute Gasteiger partial charge is 0.467 e. The van der Waals surface area contributed by atoms with Gasteiger partial charge in [0, 0.05) is 26.2 Å². The zero-order valence-corrected chi connectivity index (χ0v) is 11.8. The molecule has 0 aliphatic heterocycles. The number of hydrogen-bond donors (Lipinski definition) is 1. The predicted molar refractivity (Wildman–Crippen MR) is 73.7 cm³/mol. The fourth-order valence-corrected chi connectivity index (χ4v) is 1.63. The molecule has 0 aliphatic carbocycles. The molecule has 5 heteroatoms. The molecule has 0 heterocycles. The van der Waals surface area contributed by atoms with Crippen LogP contribution in [0.25, 0.3) is 0 Å². The maximum Gasteiger partial charge on any atom is 0.327 e. The number of rotatable bonds is 5. The highest BCUT2D eigenvalue weighted by Gasteiger charge is 2.12. The fourth-order valence-electron chi connectivity index (χ4n) is 1.63. The van der Waals surface area contributed by atoms with E-state index in [1.165, 1.54) is 14.0 Å². The lowest BCUT2D eigenvalue weighted by atomic mass is 10.1. The number of anilines is 1. The molecular weight excluding hydrogens is 244 g/mol. The lowest BCUT2D eigenvalue weighted by Crippen LogP contribution is -2.27. The van der Waals surface area contributed by atoms with Gasteiger partial charge in [0.05, 0.1) is 7.11 Å². The summed E-state index contributed by atoms with van der Waals surface area (Å²) in [5.74, 6) is -0.299. The molecule has 0 fully saturated rings. The van der Waals surface area contributed by atoms with Crippen LogP contribution in [-0.2, 0) is 20.9 Å². The van der Waals surface area contributed by atoms with Crippen LogP contribution in [0.4, 0.5) is 5.69 Å². The lowest BCUT2D eigenvalue weighted by Gasteiger charge is -2.17. The van der Waals surface area contributed by atoms with Crippen molar-refractivity contribution in [2.75, 3.05) is 19.5 Å². The van der Waals surface area contributed by atoms with Gasteiger partial charge in [0.1, 0.15) is 6.04 Å². The number of hydrogen-bond acceptors (Lipinski definition) is 4. The summed E-state index contributed by atoms with van der Waals surface area (Å²) in [4.78, 5) is 24.1. The highest BCUT2D eigenvalue weighted by Crippen LogP contribution is 2.13. The molecule has 1 N–H and O–H groups in total. The summed E-state index contributed by atoms with van der Waals surface area (Å²) in [5.41, 5.74) is 1.83. The van der Waals surface area contributed by atoms with Gasteiger partial charge in [-0.3, -0.25) is 4.79 Å². The van der Waals surface area contributed by atoms with Gasteiger partial charge in [-0.25, -0.2) is 4.79 Å². The molecule has 104 valence electrons. The summed E-state index contributed by atoms with van der Waals surface area (Å²) in [6.45, 7) is 3.80. The van der Waals surface area contributed by atoms with Crippen LogP contribution in [0.3, 0.4) is 0 Å². The Balaban J connectivity index is 2.72. The summed E-state index contributed by atoms with van der Waals surface area (Å²) >= 11 is 0. The normalized spacial score (nSPS) is 11.6. The molecule has 0 saturated carbocycles. The molecule has 0 aromatic heterocycles. The molecule has 0 saturated heterocycles. The zero-order valence-electron chi connectivity index (χ0n) is 11.8. The number of ether oxygens (including phenoxy) is 1. The molecule has 0 spiro atoms. The molecule has 1 rings (SSSR count). The van der Waals surface area contributed by atoms with Crippen LogP contribution in [0.5, 0.6) is 0 Å². The van der Waals surface area contributed by atoms with Gasteiger partial charge in [-0.1, -0.05) is 12.1 Å². The van der Waals surface area contributed by atoms with Crippen LogP contribution in [0.1, 0.15) is 19.4 Å². The number of carbonyl (C=O) groups is 2. The zero-order chi connectivity index (χ0) is 14.4. The third kappa shape index (κ3) is 4.62. The second-order valence-electron chi connectivity index (χ2n) is 4.46. The number of nitrogens with zero attached hydrogens (tertiary/aromatic N) is 1. The fraction of sp³-hybridized carbons (Fsp3) is 0.429. The average Bonchev–Trinajstić information content (AvgIpc) is 2.37. The summed E-state index contributed by atoms with van der Waals surface area (Å²) in [5, 5.41) is 3.06. The number of methoxy groups -OCH3 is 1. The van der Waals surface area contributed by atoms with Crippen LogP contribution < -0.4 is 5.32 Å². The highest BCUT2D eigenvalue weighted by atomic mass is 16.5. The van der Waals surface area contributed by atoms with Gasteiger partial charge in [-0.05, 0) is 24.6 Å². The molecule has 1 amide bonds. The molecule has 1 atom stereocenters. The minimum atomic E-state index is -0.411. The molecule has 5 nitrogen and oxygen atoms in total. The van der Waals surface area contributed by atoms with Crippen molar-refractivity contribution in [3.63, 3.8) is 0 Å². The van der Waals surface area contributed by atoms with E-state index in [4.69, 9.17) is 0 Å². The Hall–Kier alpha value is -2.04. The molecule has 1 unspecified atom stereocenters. The van der Waals surface area contributed by atoms with Crippen LogP contribution in [-0.4, -0.2) is 37.0 Å². The summed E-state index contributed by atoms with van der Waals surface area (Å²) in [6, 6.07) is 7.20. The van der Waals surface area contributed by atoms with Crippen LogP contribution in [0.15, 0.2) is 24.3 Å². The highest BCUT2D eigenvalue weighted by molar-refractivity contribution is 5.78. The molecule has 0 bridgehead atoms. The number of carbonyl (C=O) groups excluding carboxylic acids is 2. The number of benzene rings is 1. The van der Waals surface area contributed by atoms with Crippen molar-refractivity contribution in [3.05, 3.63) is 29.8 Å². The summed E-state index contributed by atoms with van der Waals surface area (Å²) < 4.78 is 4.66. The third-order valence-corrected chi connectivity index (χ3v) is 2.82. The van der Waals surface area contributed by atoms with Gasteiger partial charge in [-0.15, -0.1) is 0 Å². The summed E-state index contributed by atoms with van der Waals surface area (Å²) in [7, 11) is 3.11. The van der Waals surface area contributed by atoms with E-state index >= 15 is 0 Å². The first-order chi connectivity index (χ1) is 8.93. The van der Waals surface area contributed by atoms with Crippen LogP contribution >= 0.6 is 0 Å². The Morgan fingerprint density at radius 1 is 1.42 bits per heavy atom. The van der Waals surface area contributed by atoms with Gasteiger partial charge in [-0.2, -0.15) is 0 Å². The van der Waals surface area contributed by atoms with Gasteiger partial charge < -0.3 is 15.0 Å². The Morgan fingerprint density at radius 3 is 2.68 bits per heavy atom. The van der Waals surface area contributed by atoms with Crippen molar-refractivity contribution in [3.8, 4) is 0 Å². The number of amides is 1. The van der Waals surface area contributed by atoms with Crippen molar-refractivity contribution >= 4 is 17.6 Å². The SMILES string of the molecule is COC(=O)C(C)Nc1cccc(CN(C)C(C)=O)c1. The average molecular weight is 264 g/mol. The second-order valence-corrected chi connectivity index (χ2v) is 4.46. The first-order valence-corrected chi connectivity index (χ1v) is 6.09. The van der Waals surface area contributed by atoms with E-state index in [9.17, 15) is 9.59 Å². The van der Waals surface area contributed by atoms with Gasteiger partial charge >= 0.3 is 5.97 Å². The van der Waals surface area contributed by atoms with E-state index in [0.29, 0.717) is 6.54 Å². The van der Waals surface area contributed by atoms with Gasteiger partial charge in [0.2, 0.25) is 5.91 Å². The van der Waals surface area contributed by atoms with Crippen molar-refractivity contribution in [1.29, 1.82) is 0 Å². The predicted octanol–water partition coefficient (Wildman–Crippen LogP) is 1.64. The van der Waals surface area contributed by atoms with Crippen LogP contribution in [0, 0.1) is 0 Å². The van der Waals surface area contributed by atoms with Crippen LogP contribution in [0.2, 0.25) is 0 Å². The Bertz CT molecular complexity index is 460. The molecule has 19 heavy (non-hydrogen) atoms. The summed E-state index contributed by atoms with van der Waals surface area (Å²) in [6.07, 6.45) is 0. The quantitative estimate of drug-likeness (QED) is 0.821. The number of nitrogens with one attached hydrogen (secondary N) is 1. The number of esters is 1. The molecule has 0 aliphatic rings.